The third-order valence-corrected chi connectivity index (χ3v) is 6.81. The number of rotatable bonds is 8. The third kappa shape index (κ3) is 5.88. The predicted molar refractivity (Wildman–Crippen MR) is 134 cm³/mol. The van der Waals surface area contributed by atoms with Crippen molar-refractivity contribution >= 4 is 40.3 Å². The van der Waals surface area contributed by atoms with Crippen molar-refractivity contribution in [3.63, 3.8) is 0 Å². The molecule has 0 bridgehead atoms. The van der Waals surface area contributed by atoms with E-state index in [1.807, 2.05) is 36.9 Å². The zero-order chi connectivity index (χ0) is 24.1. The fourth-order valence-corrected chi connectivity index (χ4v) is 4.39. The molecule has 0 saturated carbocycles. The molecule has 1 aliphatic rings. The molecule has 1 aliphatic heterocycles. The van der Waals surface area contributed by atoms with E-state index in [-0.39, 0.29) is 6.17 Å². The first kappa shape index (κ1) is 25.1. The molecule has 2 aromatic rings. The van der Waals surface area contributed by atoms with Gasteiger partial charge in [-0.25, -0.2) is 9.10 Å². The number of hydrogen-bond acceptors (Lipinski definition) is 5. The molecule has 0 fully saturated rings. The maximum Gasteiger partial charge on any atom is 0.341 e. The van der Waals surface area contributed by atoms with Crippen LogP contribution in [0.5, 0.6) is 0 Å². The maximum absolute atomic E-state index is 13.1. The second kappa shape index (κ2) is 11.0. The lowest BCUT2D eigenvalue weighted by molar-refractivity contribution is 0.168. The van der Waals surface area contributed by atoms with E-state index in [0.29, 0.717) is 17.3 Å². The molecule has 0 radical (unpaired) electrons. The number of carbonyl (C=O) groups is 1. The molecule has 0 aliphatic carbocycles. The van der Waals surface area contributed by atoms with Crippen molar-refractivity contribution in [1.82, 2.24) is 9.80 Å². The van der Waals surface area contributed by atoms with Crippen LogP contribution in [0, 0.1) is 6.92 Å². The minimum absolute atomic E-state index is 0.295. The van der Waals surface area contributed by atoms with Crippen molar-refractivity contribution in [3.05, 3.63) is 71.0 Å². The quantitative estimate of drug-likeness (QED) is 0.474. The Morgan fingerprint density at radius 2 is 1.82 bits per heavy atom. The molecule has 33 heavy (non-hydrogen) atoms. The topological polar surface area (TPSA) is 70.2 Å². The number of urea groups is 1. The monoisotopic (exact) mass is 489 g/mol. The summed E-state index contributed by atoms with van der Waals surface area (Å²) in [5.74, 6) is 0. The van der Waals surface area contributed by atoms with Gasteiger partial charge in [0.2, 0.25) is 0 Å². The third-order valence-electron chi connectivity index (χ3n) is 5.79. The average molecular weight is 490 g/mol. The first-order valence-corrected chi connectivity index (χ1v) is 12.4. The molecule has 178 valence electrons. The highest BCUT2D eigenvalue weighted by Gasteiger charge is 2.32. The standard InChI is InChI=1S/C24H31ClN4O3S/c1-5-6-13-26(4)22-12-9-20(23(25)16-22)17-27-14-15-28(19(27)3)24(30)29(33(31)32)21-10-7-18(2)8-11-21/h7-12,14-16,19H,5-6,13,17H2,1-4H3,(H,31,32)/p-1. The van der Waals surface area contributed by atoms with Gasteiger partial charge < -0.3 is 14.4 Å². The number of unbranched alkanes of at least 4 members (excludes halogenated alkanes) is 1. The summed E-state index contributed by atoms with van der Waals surface area (Å²) >= 11 is 3.82. The van der Waals surface area contributed by atoms with Crippen LogP contribution in [0.2, 0.25) is 5.02 Å². The molecule has 0 aromatic heterocycles. The molecule has 2 aromatic carbocycles. The van der Waals surface area contributed by atoms with E-state index in [4.69, 9.17) is 11.6 Å². The van der Waals surface area contributed by atoms with Crippen LogP contribution >= 0.6 is 11.6 Å². The van der Waals surface area contributed by atoms with Gasteiger partial charge in [0.05, 0.1) is 17.0 Å². The van der Waals surface area contributed by atoms with E-state index < -0.39 is 17.3 Å². The molecular weight excluding hydrogens is 460 g/mol. The molecular formula is C24H30ClN4O3S-. The zero-order valence-electron chi connectivity index (χ0n) is 19.4. The molecule has 0 saturated heterocycles. The summed E-state index contributed by atoms with van der Waals surface area (Å²) in [4.78, 5) is 18.6. The van der Waals surface area contributed by atoms with E-state index >= 15 is 0 Å². The summed E-state index contributed by atoms with van der Waals surface area (Å²) in [5, 5.41) is 0.656. The van der Waals surface area contributed by atoms with Crippen molar-refractivity contribution < 1.29 is 13.6 Å². The highest BCUT2D eigenvalue weighted by molar-refractivity contribution is 7.81. The van der Waals surface area contributed by atoms with E-state index in [0.717, 1.165) is 40.5 Å². The Bertz CT molecular complexity index is 1030. The van der Waals surface area contributed by atoms with Gasteiger partial charge in [-0.3, -0.25) is 9.11 Å². The Labute approximate surface area is 203 Å². The lowest BCUT2D eigenvalue weighted by Gasteiger charge is -2.33. The molecule has 0 spiro atoms. The van der Waals surface area contributed by atoms with Gasteiger partial charge in [-0.1, -0.05) is 48.7 Å². The second-order valence-electron chi connectivity index (χ2n) is 8.19. The normalized spacial score (nSPS) is 16.2. The number of halogens is 1. The van der Waals surface area contributed by atoms with Crippen molar-refractivity contribution in [2.75, 3.05) is 22.8 Å². The largest absolute Gasteiger partial charge is 0.755 e. The summed E-state index contributed by atoms with van der Waals surface area (Å²) in [6.45, 7) is 7.36. The Morgan fingerprint density at radius 3 is 2.42 bits per heavy atom. The van der Waals surface area contributed by atoms with Gasteiger partial charge in [-0.2, -0.15) is 0 Å². The Balaban J connectivity index is 1.71. The van der Waals surface area contributed by atoms with Crippen molar-refractivity contribution in [3.8, 4) is 0 Å². The lowest BCUT2D eigenvalue weighted by atomic mass is 10.1. The Kier molecular flexibility index (Phi) is 8.40. The zero-order valence-corrected chi connectivity index (χ0v) is 21.0. The average Bonchev–Trinajstić information content (AvgIpc) is 3.14. The molecule has 9 heteroatoms. The highest BCUT2D eigenvalue weighted by atomic mass is 35.5. The summed E-state index contributed by atoms with van der Waals surface area (Å²) in [6, 6.07) is 12.1. The number of anilines is 2. The fourth-order valence-electron chi connectivity index (χ4n) is 3.64. The predicted octanol–water partition coefficient (Wildman–Crippen LogP) is 5.24. The van der Waals surface area contributed by atoms with Crippen molar-refractivity contribution in [2.45, 2.75) is 46.3 Å². The van der Waals surface area contributed by atoms with E-state index in [2.05, 4.69) is 18.9 Å². The fraction of sp³-hybridized carbons (Fsp3) is 0.375. The van der Waals surface area contributed by atoms with Crippen LogP contribution < -0.4 is 9.21 Å². The summed E-state index contributed by atoms with van der Waals surface area (Å²) in [6.07, 6.45) is 5.25. The summed E-state index contributed by atoms with van der Waals surface area (Å²) in [7, 11) is 2.05. The molecule has 7 nitrogen and oxygen atoms in total. The Morgan fingerprint density at radius 1 is 1.15 bits per heavy atom. The van der Waals surface area contributed by atoms with Gasteiger partial charge in [0, 0.05) is 43.2 Å². The number of amides is 2. The van der Waals surface area contributed by atoms with Gasteiger partial charge >= 0.3 is 6.03 Å². The lowest BCUT2D eigenvalue weighted by Crippen LogP contribution is -2.47. The van der Waals surface area contributed by atoms with E-state index in [1.165, 1.54) is 4.90 Å². The van der Waals surface area contributed by atoms with Gasteiger partial charge in [-0.15, -0.1) is 0 Å². The van der Waals surface area contributed by atoms with Gasteiger partial charge in [-0.05, 0) is 50.1 Å². The number of carbonyl (C=O) groups excluding carboxylic acids is 1. The number of benzene rings is 2. The van der Waals surface area contributed by atoms with Crippen LogP contribution in [0.15, 0.2) is 54.9 Å². The van der Waals surface area contributed by atoms with Gasteiger partial charge in [0.25, 0.3) is 0 Å². The van der Waals surface area contributed by atoms with Crippen LogP contribution in [0.25, 0.3) is 0 Å². The molecule has 2 atom stereocenters. The maximum atomic E-state index is 13.1. The van der Waals surface area contributed by atoms with Crippen LogP contribution in [0.4, 0.5) is 16.2 Å². The molecule has 3 rings (SSSR count). The van der Waals surface area contributed by atoms with Crippen LogP contribution in [-0.2, 0) is 17.8 Å². The molecule has 0 N–H and O–H groups in total. The van der Waals surface area contributed by atoms with Crippen LogP contribution in [0.1, 0.15) is 37.8 Å². The Hall–Kier alpha value is -2.55. The minimum atomic E-state index is -2.75. The van der Waals surface area contributed by atoms with Crippen molar-refractivity contribution in [1.29, 1.82) is 0 Å². The molecule has 2 unspecified atom stereocenters. The van der Waals surface area contributed by atoms with Crippen LogP contribution in [-0.4, -0.2) is 44.4 Å². The summed E-state index contributed by atoms with van der Waals surface area (Å²) < 4.78 is 24.5. The van der Waals surface area contributed by atoms with E-state index in [1.54, 1.807) is 36.7 Å². The molecule has 2 amide bonds. The molecule has 1 heterocycles. The minimum Gasteiger partial charge on any atom is -0.755 e. The highest BCUT2D eigenvalue weighted by Crippen LogP contribution is 2.28. The van der Waals surface area contributed by atoms with Gasteiger partial charge in [0.1, 0.15) is 6.17 Å². The smallest absolute Gasteiger partial charge is 0.341 e. The SMILES string of the molecule is CCCCN(C)c1ccc(CN2C=CN(C(=O)N(c3ccc(C)cc3)S(=O)[O-])C2C)c(Cl)c1. The number of nitrogens with zero attached hydrogens (tertiary/aromatic N) is 4. The number of hydrogen-bond donors (Lipinski definition) is 0. The number of aryl methyl sites for hydroxylation is 1. The second-order valence-corrected chi connectivity index (χ2v) is 9.40. The first-order chi connectivity index (χ1) is 15.7. The first-order valence-electron chi connectivity index (χ1n) is 10.9. The van der Waals surface area contributed by atoms with E-state index in [9.17, 15) is 13.6 Å². The van der Waals surface area contributed by atoms with Gasteiger partial charge in [0.15, 0.2) is 0 Å². The van der Waals surface area contributed by atoms with Crippen molar-refractivity contribution in [2.24, 2.45) is 0 Å². The van der Waals surface area contributed by atoms with Crippen LogP contribution in [0.3, 0.4) is 0 Å². The summed E-state index contributed by atoms with van der Waals surface area (Å²) in [5.41, 5.74) is 3.26.